The number of fused-ring (bicyclic) bond motifs is 5. The Balaban J connectivity index is 0.00000141. The lowest BCUT2D eigenvalue weighted by molar-refractivity contribution is -0.368. The van der Waals surface area contributed by atoms with Gasteiger partial charge in [0.2, 0.25) is 23.6 Å². The quantitative estimate of drug-likeness (QED) is 0.0838. The summed E-state index contributed by atoms with van der Waals surface area (Å²) in [4.78, 5) is 91.0. The van der Waals surface area contributed by atoms with Gasteiger partial charge in [0.25, 0.3) is 5.91 Å². The number of hydrogen-bond acceptors (Lipinski definition) is 10. The van der Waals surface area contributed by atoms with Crippen LogP contribution in [0.2, 0.25) is 0 Å². The molecule has 0 aromatic heterocycles. The summed E-state index contributed by atoms with van der Waals surface area (Å²) in [6, 6.07) is 20.8. The summed E-state index contributed by atoms with van der Waals surface area (Å²) in [5, 5.41) is 29.6. The normalized spacial score (nSPS) is 16.1. The number of aliphatic carboxylic acids is 2. The van der Waals surface area contributed by atoms with Crippen LogP contribution in [-0.2, 0) is 41.6 Å². The number of amides is 5. The van der Waals surface area contributed by atoms with E-state index in [1.807, 2.05) is 12.1 Å². The van der Waals surface area contributed by atoms with Crippen molar-refractivity contribution in [3.8, 4) is 33.8 Å². The third-order valence-corrected chi connectivity index (χ3v) is 11.4. The minimum Gasteiger partial charge on any atom is -0.542 e. The topological polar surface area (TPSA) is 260 Å². The predicted molar refractivity (Wildman–Crippen MR) is 249 cm³/mol. The summed E-state index contributed by atoms with van der Waals surface area (Å²) in [6.45, 7) is 4.18. The summed E-state index contributed by atoms with van der Waals surface area (Å²) in [5.74, 6) is -6.28. The first-order valence-electron chi connectivity index (χ1n) is 22.5. The summed E-state index contributed by atoms with van der Waals surface area (Å²) in [7, 11) is 4.42. The molecule has 1 heterocycles. The van der Waals surface area contributed by atoms with E-state index in [0.29, 0.717) is 58.7 Å². The molecule has 1 aliphatic rings. The molecule has 5 amide bonds. The summed E-state index contributed by atoms with van der Waals surface area (Å²) in [5.41, 5.74) is 9.61. The van der Waals surface area contributed by atoms with Crippen LogP contribution in [0.4, 0.5) is 13.2 Å². The largest absolute Gasteiger partial charge is 0.542 e. The minimum absolute atomic E-state index is 0.00788. The highest BCUT2D eigenvalue weighted by Gasteiger charge is 2.36. The molecule has 4 bridgehead atoms. The molecular weight excluding hydrogens is 918 g/mol. The predicted octanol–water partition coefficient (Wildman–Crippen LogP) is 3.14. The monoisotopic (exact) mass is 976 g/mol. The zero-order chi connectivity index (χ0) is 51.7. The molecule has 376 valence electrons. The Morgan fingerprint density at radius 2 is 1.46 bits per heavy atom. The van der Waals surface area contributed by atoms with Crippen LogP contribution < -0.4 is 41.6 Å². The number of aryl methyl sites for hydroxylation is 1. The lowest BCUT2D eigenvalue weighted by atomic mass is 9.93. The van der Waals surface area contributed by atoms with E-state index in [4.69, 9.17) is 19.4 Å². The van der Waals surface area contributed by atoms with Gasteiger partial charge in [-0.2, -0.15) is 13.2 Å². The summed E-state index contributed by atoms with van der Waals surface area (Å²) in [6.07, 6.45) is -1.82. The van der Waals surface area contributed by atoms with E-state index < -0.39 is 65.9 Å². The molecule has 70 heavy (non-hydrogen) atoms. The molecule has 0 aliphatic carbocycles. The molecule has 0 saturated carbocycles. The maximum absolute atomic E-state index is 14.5. The number of alkyl halides is 3. The molecule has 5 rings (SSSR count). The number of ether oxygens (including phenoxy) is 2. The first-order chi connectivity index (χ1) is 33.2. The van der Waals surface area contributed by atoms with Crippen molar-refractivity contribution in [2.75, 3.05) is 34.4 Å². The van der Waals surface area contributed by atoms with Gasteiger partial charge in [-0.1, -0.05) is 61.9 Å². The third-order valence-electron chi connectivity index (χ3n) is 11.4. The maximum Gasteiger partial charge on any atom is 0.430 e. The third kappa shape index (κ3) is 15.3. The highest BCUT2D eigenvalue weighted by molar-refractivity contribution is 5.97. The van der Waals surface area contributed by atoms with Gasteiger partial charge in [0.1, 0.15) is 41.6 Å². The van der Waals surface area contributed by atoms with Gasteiger partial charge in [0, 0.05) is 43.1 Å². The molecule has 17 nitrogen and oxygen atoms in total. The Bertz CT molecular complexity index is 2490. The Morgan fingerprint density at radius 3 is 2.01 bits per heavy atom. The number of carboxylic acid groups (broad SMARTS) is 2. The van der Waals surface area contributed by atoms with Gasteiger partial charge < -0.3 is 56.4 Å². The molecule has 0 saturated heterocycles. The van der Waals surface area contributed by atoms with Gasteiger partial charge in [-0.15, -0.1) is 0 Å². The molecule has 4 atom stereocenters. The molecule has 1 aliphatic heterocycles. The van der Waals surface area contributed by atoms with E-state index in [-0.39, 0.29) is 31.7 Å². The fraction of sp³-hybridized carbons (Fsp3) is 0.380. The number of nitrogens with one attached hydrogen (secondary N) is 4. The molecule has 0 spiro atoms. The van der Waals surface area contributed by atoms with Crippen molar-refractivity contribution < 1.29 is 72.2 Å². The highest BCUT2D eigenvalue weighted by Crippen LogP contribution is 2.40. The van der Waals surface area contributed by atoms with Crippen molar-refractivity contribution in [2.24, 2.45) is 0 Å². The van der Waals surface area contributed by atoms with Gasteiger partial charge in [-0.05, 0) is 96.8 Å². The number of unbranched alkanes of at least 4 members (excludes halogenated alkanes) is 1. The number of rotatable bonds is 17. The molecule has 8 N–H and O–H groups in total. The van der Waals surface area contributed by atoms with E-state index in [9.17, 15) is 47.0 Å². The van der Waals surface area contributed by atoms with Crippen LogP contribution in [0.3, 0.4) is 0 Å². The van der Waals surface area contributed by atoms with Crippen LogP contribution in [0.15, 0.2) is 84.9 Å². The fourth-order valence-corrected chi connectivity index (χ4v) is 7.62. The lowest BCUT2D eigenvalue weighted by Gasteiger charge is -2.32. The average Bonchev–Trinajstić information content (AvgIpc) is 3.33. The van der Waals surface area contributed by atoms with Gasteiger partial charge in [-0.25, -0.2) is 4.79 Å². The van der Waals surface area contributed by atoms with E-state index in [2.05, 4.69) is 58.2 Å². The van der Waals surface area contributed by atoms with Gasteiger partial charge in [-0.3, -0.25) is 24.0 Å². The second-order valence-electron chi connectivity index (χ2n) is 16.5. The zero-order valence-electron chi connectivity index (χ0n) is 39.6. The van der Waals surface area contributed by atoms with Crippen LogP contribution >= 0.6 is 0 Å². The number of benzene rings is 4. The van der Waals surface area contributed by atoms with E-state index in [1.165, 1.54) is 38.7 Å². The minimum atomic E-state index is -5.19. The van der Waals surface area contributed by atoms with Crippen molar-refractivity contribution in [3.05, 3.63) is 107 Å². The Hall–Kier alpha value is -7.48. The molecule has 0 radical (unpaired) electrons. The van der Waals surface area contributed by atoms with Crippen LogP contribution in [0.1, 0.15) is 79.0 Å². The van der Waals surface area contributed by atoms with Crippen LogP contribution in [0, 0.1) is 0 Å². The number of quaternary nitrogens is 1. The Labute approximate surface area is 403 Å². The number of methoxy groups -OCH3 is 2. The number of nitrogens with zero attached hydrogens (tertiary/aromatic N) is 1. The molecule has 4 aromatic carbocycles. The van der Waals surface area contributed by atoms with E-state index in [0.717, 1.165) is 24.0 Å². The van der Waals surface area contributed by atoms with Gasteiger partial charge >= 0.3 is 12.1 Å². The molecule has 0 fully saturated rings. The van der Waals surface area contributed by atoms with Crippen molar-refractivity contribution >= 4 is 41.5 Å². The molecule has 4 aromatic rings. The Kier molecular flexibility index (Phi) is 20.3. The highest BCUT2D eigenvalue weighted by atomic mass is 19.4. The summed E-state index contributed by atoms with van der Waals surface area (Å²) >= 11 is 0. The van der Waals surface area contributed by atoms with E-state index in [1.54, 1.807) is 48.5 Å². The number of hydrogen-bond donors (Lipinski definition) is 6. The lowest BCUT2D eigenvalue weighted by Crippen LogP contribution is -2.55. The maximum atomic E-state index is 14.5. The SMILES string of the molecule is CCCc1ccc(-c2ccc(C(=O)NCCC(=O)NC(CCCC[NH3+])C(=O)N(C)[C@@H]3C(=O)N[C@@H](C)C(=O)N[C@H](C(=O)O)Cc4ccc(OC)c(c4)-c4cc3ccc4OC)cc2)cc1.O=C([O-])C(F)(F)F. The number of carbonyl (C=O) groups is 7. The van der Waals surface area contributed by atoms with Crippen LogP contribution in [0.25, 0.3) is 22.3 Å². The van der Waals surface area contributed by atoms with Crippen molar-refractivity contribution in [1.82, 2.24) is 26.2 Å². The molecular formula is C50H59F3N6O11. The first kappa shape index (κ1) is 55.1. The fourth-order valence-electron chi connectivity index (χ4n) is 7.62. The van der Waals surface area contributed by atoms with E-state index >= 15 is 0 Å². The second kappa shape index (κ2) is 25.8. The second-order valence-corrected chi connectivity index (χ2v) is 16.5. The van der Waals surface area contributed by atoms with Crippen molar-refractivity contribution in [3.63, 3.8) is 0 Å². The standard InChI is InChI=1S/C48H58N6O9.C2HF3O2/c1-6-9-30-11-14-32(15-12-30)33-16-18-34(19-17-33)45(57)50-25-23-42(55)52-38(10-7-8-24-49)47(59)54(3)43-35-20-22-41(63-5)37(28-35)36-26-31(13-21-40(36)62-4)27-39(48(60)61)53-44(56)29(2)51-46(43)58;3-2(4,5)1(6)7/h11-22,26,28-29,38-39,43H,6-10,23-25,27,49H2,1-5H3,(H,50,57)(H,51,58)(H,52,55)(H,53,56)(H,60,61);(H,6,7)/t29-,38?,39-,43-;/m0./s1. The van der Waals surface area contributed by atoms with Crippen LogP contribution in [-0.4, -0.2) is 110 Å². The first-order valence-corrected chi connectivity index (χ1v) is 22.5. The number of carbonyl (C=O) groups excluding carboxylic acids is 6. The van der Waals surface area contributed by atoms with Gasteiger partial charge in [0.15, 0.2) is 0 Å². The number of carboxylic acids is 2. The number of likely N-dealkylation sites (N-methyl/N-ethyl adjacent to an activating group) is 1. The van der Waals surface area contributed by atoms with Crippen molar-refractivity contribution in [2.45, 2.75) is 89.1 Å². The summed E-state index contributed by atoms with van der Waals surface area (Å²) < 4.78 is 43.0. The van der Waals surface area contributed by atoms with Crippen molar-refractivity contribution in [1.29, 1.82) is 0 Å². The smallest absolute Gasteiger partial charge is 0.430 e. The molecule has 20 heteroatoms. The Morgan fingerprint density at radius 1 is 0.871 bits per heavy atom. The van der Waals surface area contributed by atoms with Crippen LogP contribution in [0.5, 0.6) is 11.5 Å². The molecule has 1 unspecified atom stereocenters. The average molecular weight is 977 g/mol. The number of halogens is 3. The zero-order valence-corrected chi connectivity index (χ0v) is 39.6. The van der Waals surface area contributed by atoms with Gasteiger partial charge in [0.05, 0.1) is 20.8 Å².